The van der Waals surface area contributed by atoms with E-state index < -0.39 is 0 Å². The van der Waals surface area contributed by atoms with Gasteiger partial charge in [-0.05, 0) is 24.6 Å². The van der Waals surface area contributed by atoms with Crippen LogP contribution in [0.15, 0.2) is 12.1 Å². The lowest BCUT2D eigenvalue weighted by atomic mass is 10.2. The molecule has 0 amide bonds. The van der Waals surface area contributed by atoms with Crippen molar-refractivity contribution < 1.29 is 5.11 Å². The van der Waals surface area contributed by atoms with Crippen LogP contribution in [0.5, 0.6) is 5.75 Å². The summed E-state index contributed by atoms with van der Waals surface area (Å²) in [6.07, 6.45) is 0. The lowest BCUT2D eigenvalue weighted by Crippen LogP contribution is -1.74. The predicted molar refractivity (Wildman–Crippen MR) is 54.2 cm³/mol. The van der Waals surface area contributed by atoms with Gasteiger partial charge in [-0.3, -0.25) is 0 Å². The molecule has 0 saturated carbocycles. The van der Waals surface area contributed by atoms with Gasteiger partial charge in [0.1, 0.15) is 0 Å². The first-order valence-corrected chi connectivity index (χ1v) is 4.51. The van der Waals surface area contributed by atoms with Gasteiger partial charge in [0.2, 0.25) is 0 Å². The Kier molecular flexibility index (Phi) is 5.11. The Labute approximate surface area is 82.9 Å². The van der Waals surface area contributed by atoms with Crippen LogP contribution in [-0.2, 0) is 0 Å². The minimum atomic E-state index is -0.0473. The van der Waals surface area contributed by atoms with E-state index in [0.29, 0.717) is 10.0 Å². The van der Waals surface area contributed by atoms with Crippen LogP contribution < -0.4 is 0 Å². The quantitative estimate of drug-likeness (QED) is 0.680. The summed E-state index contributed by atoms with van der Waals surface area (Å²) in [5.41, 5.74) is 0.938. The Balaban J connectivity index is 0.000000561. The van der Waals surface area contributed by atoms with Crippen LogP contribution in [0, 0.1) is 6.92 Å². The van der Waals surface area contributed by atoms with Gasteiger partial charge >= 0.3 is 0 Å². The summed E-state index contributed by atoms with van der Waals surface area (Å²) >= 11 is 11.2. The summed E-state index contributed by atoms with van der Waals surface area (Å²) in [5, 5.41) is 9.66. The fourth-order valence-corrected chi connectivity index (χ4v) is 1.29. The van der Waals surface area contributed by atoms with E-state index in [1.54, 1.807) is 12.1 Å². The standard InChI is InChI=1S/C7H6Cl2O.C2H6/c1-4-2-5(8)7(10)6(9)3-4;1-2/h2-3,10H,1H3;1-2H3. The van der Waals surface area contributed by atoms with E-state index in [0.717, 1.165) is 5.56 Å². The maximum absolute atomic E-state index is 9.07. The fourth-order valence-electron chi connectivity index (χ4n) is 0.692. The first kappa shape index (κ1) is 11.6. The highest BCUT2D eigenvalue weighted by atomic mass is 35.5. The highest BCUT2D eigenvalue weighted by Crippen LogP contribution is 2.32. The summed E-state index contributed by atoms with van der Waals surface area (Å²) in [6.45, 7) is 5.86. The van der Waals surface area contributed by atoms with E-state index in [-0.39, 0.29) is 5.75 Å². The van der Waals surface area contributed by atoms with Gasteiger partial charge < -0.3 is 5.11 Å². The SMILES string of the molecule is CC.Cc1cc(Cl)c(O)c(Cl)c1. The molecule has 0 atom stereocenters. The number of hydrogen-bond donors (Lipinski definition) is 1. The zero-order valence-corrected chi connectivity index (χ0v) is 8.87. The summed E-state index contributed by atoms with van der Waals surface area (Å²) in [6, 6.07) is 3.31. The molecular weight excluding hydrogens is 195 g/mol. The van der Waals surface area contributed by atoms with Crippen LogP contribution in [0.25, 0.3) is 0 Å². The van der Waals surface area contributed by atoms with Crippen LogP contribution in [0.1, 0.15) is 19.4 Å². The van der Waals surface area contributed by atoms with E-state index in [1.165, 1.54) is 0 Å². The van der Waals surface area contributed by atoms with Crippen LogP contribution in [-0.4, -0.2) is 5.11 Å². The molecule has 0 fully saturated rings. The maximum atomic E-state index is 9.07. The average molecular weight is 207 g/mol. The number of aryl methyl sites for hydroxylation is 1. The monoisotopic (exact) mass is 206 g/mol. The molecular formula is C9H12Cl2O. The molecule has 1 aromatic rings. The molecule has 0 bridgehead atoms. The zero-order chi connectivity index (χ0) is 9.72. The second kappa shape index (κ2) is 5.28. The van der Waals surface area contributed by atoms with Crippen molar-refractivity contribution in [1.82, 2.24) is 0 Å². The molecule has 12 heavy (non-hydrogen) atoms. The predicted octanol–water partition coefficient (Wildman–Crippen LogP) is 4.03. The number of rotatable bonds is 0. The van der Waals surface area contributed by atoms with Gasteiger partial charge in [0.25, 0.3) is 0 Å². The summed E-state index contributed by atoms with van der Waals surface area (Å²) in [5.74, 6) is -0.0473. The first-order valence-electron chi connectivity index (χ1n) is 3.76. The second-order valence-corrected chi connectivity index (χ2v) is 2.89. The van der Waals surface area contributed by atoms with Gasteiger partial charge in [0.05, 0.1) is 10.0 Å². The van der Waals surface area contributed by atoms with E-state index in [2.05, 4.69) is 0 Å². The van der Waals surface area contributed by atoms with Crippen molar-refractivity contribution in [2.45, 2.75) is 20.8 Å². The largest absolute Gasteiger partial charge is 0.505 e. The number of halogens is 2. The summed E-state index contributed by atoms with van der Waals surface area (Å²) in [7, 11) is 0. The third-order valence-electron chi connectivity index (χ3n) is 1.16. The number of phenols is 1. The molecule has 0 spiro atoms. The van der Waals surface area contributed by atoms with E-state index >= 15 is 0 Å². The molecule has 68 valence electrons. The normalized spacial score (nSPS) is 8.75. The second-order valence-electron chi connectivity index (χ2n) is 2.08. The van der Waals surface area contributed by atoms with E-state index in [1.807, 2.05) is 20.8 Å². The molecule has 1 N–H and O–H groups in total. The third-order valence-corrected chi connectivity index (χ3v) is 1.74. The van der Waals surface area contributed by atoms with Crippen LogP contribution in [0.4, 0.5) is 0 Å². The first-order chi connectivity index (χ1) is 5.61. The third kappa shape index (κ3) is 2.92. The minimum Gasteiger partial charge on any atom is -0.505 e. The van der Waals surface area contributed by atoms with Gasteiger partial charge in [-0.25, -0.2) is 0 Å². The smallest absolute Gasteiger partial charge is 0.152 e. The molecule has 1 rings (SSSR count). The Morgan fingerprint density at radius 3 is 1.75 bits per heavy atom. The Hall–Kier alpha value is -0.400. The lowest BCUT2D eigenvalue weighted by Gasteiger charge is -1.99. The van der Waals surface area contributed by atoms with Crippen molar-refractivity contribution in [2.75, 3.05) is 0 Å². The molecule has 0 aromatic heterocycles. The average Bonchev–Trinajstić information content (AvgIpc) is 2.04. The van der Waals surface area contributed by atoms with Crippen molar-refractivity contribution in [3.63, 3.8) is 0 Å². The molecule has 0 saturated heterocycles. The number of hydrogen-bond acceptors (Lipinski definition) is 1. The molecule has 3 heteroatoms. The molecule has 0 aliphatic heterocycles. The molecule has 0 aliphatic rings. The maximum Gasteiger partial charge on any atom is 0.152 e. The van der Waals surface area contributed by atoms with Crippen molar-refractivity contribution in [2.24, 2.45) is 0 Å². The topological polar surface area (TPSA) is 20.2 Å². The Morgan fingerprint density at radius 1 is 1.08 bits per heavy atom. The summed E-state index contributed by atoms with van der Waals surface area (Å²) < 4.78 is 0. The van der Waals surface area contributed by atoms with Crippen molar-refractivity contribution >= 4 is 23.2 Å². The number of phenolic OH excluding ortho intramolecular Hbond substituents is 1. The van der Waals surface area contributed by atoms with Crippen molar-refractivity contribution in [3.8, 4) is 5.75 Å². The molecule has 0 heterocycles. The molecule has 0 radical (unpaired) electrons. The van der Waals surface area contributed by atoms with Gasteiger partial charge in [-0.1, -0.05) is 37.0 Å². The minimum absolute atomic E-state index is 0.0473. The van der Waals surface area contributed by atoms with E-state index in [4.69, 9.17) is 28.3 Å². The number of aromatic hydroxyl groups is 1. The molecule has 1 nitrogen and oxygen atoms in total. The highest BCUT2D eigenvalue weighted by molar-refractivity contribution is 6.37. The zero-order valence-electron chi connectivity index (χ0n) is 7.36. The van der Waals surface area contributed by atoms with E-state index in [9.17, 15) is 0 Å². The van der Waals surface area contributed by atoms with Crippen molar-refractivity contribution in [3.05, 3.63) is 27.7 Å². The van der Waals surface area contributed by atoms with Crippen molar-refractivity contribution in [1.29, 1.82) is 0 Å². The lowest BCUT2D eigenvalue weighted by molar-refractivity contribution is 0.475. The van der Waals surface area contributed by atoms with Gasteiger partial charge in [-0.15, -0.1) is 0 Å². The number of benzene rings is 1. The fraction of sp³-hybridized carbons (Fsp3) is 0.333. The molecule has 1 aromatic carbocycles. The van der Waals surface area contributed by atoms with Crippen LogP contribution in [0.2, 0.25) is 10.0 Å². The molecule has 0 aliphatic carbocycles. The highest BCUT2D eigenvalue weighted by Gasteiger charge is 2.02. The Morgan fingerprint density at radius 2 is 1.42 bits per heavy atom. The molecule has 0 unspecified atom stereocenters. The van der Waals surface area contributed by atoms with Gasteiger partial charge in [0.15, 0.2) is 5.75 Å². The Bertz CT molecular complexity index is 236. The van der Waals surface area contributed by atoms with Crippen LogP contribution in [0.3, 0.4) is 0 Å². The van der Waals surface area contributed by atoms with Gasteiger partial charge in [-0.2, -0.15) is 0 Å². The van der Waals surface area contributed by atoms with Gasteiger partial charge in [0, 0.05) is 0 Å². The summed E-state index contributed by atoms with van der Waals surface area (Å²) in [4.78, 5) is 0. The van der Waals surface area contributed by atoms with Crippen LogP contribution >= 0.6 is 23.2 Å².